The van der Waals surface area contributed by atoms with Crippen LogP contribution in [0.15, 0.2) is 30.5 Å². The fourth-order valence-corrected chi connectivity index (χ4v) is 2.84. The highest BCUT2D eigenvalue weighted by Gasteiger charge is 2.32. The Morgan fingerprint density at radius 3 is 2.45 bits per heavy atom. The molecule has 118 valence electrons. The van der Waals surface area contributed by atoms with Crippen molar-refractivity contribution in [3.05, 3.63) is 36.0 Å². The number of fused-ring (bicyclic) bond motifs is 1. The molecule has 0 saturated carbocycles. The van der Waals surface area contributed by atoms with E-state index in [1.165, 1.54) is 0 Å². The Morgan fingerprint density at radius 1 is 1.23 bits per heavy atom. The predicted molar refractivity (Wildman–Crippen MR) is 86.0 cm³/mol. The number of carbonyl (C=O) groups excluding carboxylic acids is 1. The second-order valence-corrected chi connectivity index (χ2v) is 5.68. The molecule has 5 nitrogen and oxygen atoms in total. The summed E-state index contributed by atoms with van der Waals surface area (Å²) in [5, 5.41) is 12.9. The van der Waals surface area contributed by atoms with Crippen molar-refractivity contribution in [1.82, 2.24) is 9.88 Å². The summed E-state index contributed by atoms with van der Waals surface area (Å²) < 4.78 is 1.90. The van der Waals surface area contributed by atoms with Gasteiger partial charge >= 0.3 is 5.97 Å². The van der Waals surface area contributed by atoms with E-state index < -0.39 is 11.5 Å². The zero-order valence-corrected chi connectivity index (χ0v) is 13.2. The van der Waals surface area contributed by atoms with E-state index in [1.54, 1.807) is 6.20 Å². The molecule has 0 saturated heterocycles. The molecule has 0 radical (unpaired) electrons. The Labute approximate surface area is 129 Å². The van der Waals surface area contributed by atoms with Crippen molar-refractivity contribution >= 4 is 22.8 Å². The van der Waals surface area contributed by atoms with E-state index in [4.69, 9.17) is 5.11 Å². The third kappa shape index (κ3) is 2.98. The van der Waals surface area contributed by atoms with Gasteiger partial charge in [0.25, 0.3) is 5.91 Å². The minimum Gasteiger partial charge on any atom is -0.481 e. The van der Waals surface area contributed by atoms with Crippen molar-refractivity contribution in [2.24, 2.45) is 7.05 Å². The van der Waals surface area contributed by atoms with E-state index in [-0.39, 0.29) is 12.3 Å². The van der Waals surface area contributed by atoms with Crippen LogP contribution in [-0.2, 0) is 11.8 Å². The first-order valence-corrected chi connectivity index (χ1v) is 7.51. The predicted octanol–water partition coefficient (Wildman–Crippen LogP) is 2.94. The smallest absolute Gasteiger partial charge is 0.305 e. The number of para-hydroxylation sites is 1. The molecule has 0 unspecified atom stereocenters. The number of aryl methyl sites for hydroxylation is 1. The zero-order chi connectivity index (χ0) is 16.3. The lowest BCUT2D eigenvalue weighted by Gasteiger charge is -2.31. The summed E-state index contributed by atoms with van der Waals surface area (Å²) in [4.78, 5) is 23.8. The Hall–Kier alpha value is -2.30. The Morgan fingerprint density at radius 2 is 1.86 bits per heavy atom. The molecule has 0 aliphatic heterocycles. The van der Waals surface area contributed by atoms with Gasteiger partial charge in [-0.05, 0) is 18.9 Å². The van der Waals surface area contributed by atoms with Crippen molar-refractivity contribution < 1.29 is 14.7 Å². The van der Waals surface area contributed by atoms with Gasteiger partial charge in [-0.25, -0.2) is 0 Å². The molecule has 1 heterocycles. The molecule has 0 aliphatic carbocycles. The third-order valence-electron chi connectivity index (χ3n) is 4.36. The molecule has 0 aliphatic rings. The highest BCUT2D eigenvalue weighted by molar-refractivity contribution is 6.07. The number of carboxylic acids is 1. The summed E-state index contributed by atoms with van der Waals surface area (Å²) in [5.41, 5.74) is 0.846. The van der Waals surface area contributed by atoms with Crippen molar-refractivity contribution in [2.45, 2.75) is 38.6 Å². The van der Waals surface area contributed by atoms with Gasteiger partial charge in [-0.3, -0.25) is 9.59 Å². The number of carboxylic acid groups (broad SMARTS) is 1. The number of carbonyl (C=O) groups is 2. The SMILES string of the molecule is CCC(CC)(CC(=O)O)NC(=O)c1cn(C)c2ccccc12. The molecule has 22 heavy (non-hydrogen) atoms. The van der Waals surface area contributed by atoms with Crippen molar-refractivity contribution in [3.63, 3.8) is 0 Å². The van der Waals surface area contributed by atoms with Gasteiger partial charge in [0.1, 0.15) is 0 Å². The van der Waals surface area contributed by atoms with Crippen LogP contribution in [0.5, 0.6) is 0 Å². The standard InChI is InChI=1S/C17H22N2O3/c1-4-17(5-2,10-15(20)21)18-16(22)13-11-19(3)14-9-7-6-8-12(13)14/h6-9,11H,4-5,10H2,1-3H3,(H,18,22)(H,20,21). The molecular formula is C17H22N2O3. The van der Waals surface area contributed by atoms with E-state index in [2.05, 4.69) is 5.32 Å². The number of rotatable bonds is 6. The van der Waals surface area contributed by atoms with Crippen LogP contribution in [0.25, 0.3) is 10.9 Å². The molecule has 5 heteroatoms. The van der Waals surface area contributed by atoms with Gasteiger partial charge in [-0.15, -0.1) is 0 Å². The maximum absolute atomic E-state index is 12.7. The van der Waals surface area contributed by atoms with E-state index in [0.717, 1.165) is 10.9 Å². The maximum atomic E-state index is 12.7. The first-order chi connectivity index (χ1) is 10.4. The first-order valence-electron chi connectivity index (χ1n) is 7.51. The lowest BCUT2D eigenvalue weighted by Crippen LogP contribution is -2.49. The number of benzene rings is 1. The number of nitrogens with one attached hydrogen (secondary N) is 1. The van der Waals surface area contributed by atoms with Gasteiger partial charge in [0, 0.05) is 24.1 Å². The zero-order valence-electron chi connectivity index (χ0n) is 13.2. The molecule has 2 rings (SSSR count). The van der Waals surface area contributed by atoms with E-state index in [0.29, 0.717) is 18.4 Å². The molecule has 0 spiro atoms. The van der Waals surface area contributed by atoms with Crippen LogP contribution >= 0.6 is 0 Å². The first kappa shape index (κ1) is 16.1. The summed E-state index contributed by atoms with van der Waals surface area (Å²) >= 11 is 0. The van der Waals surface area contributed by atoms with Crippen molar-refractivity contribution in [2.75, 3.05) is 0 Å². The van der Waals surface area contributed by atoms with E-state index >= 15 is 0 Å². The summed E-state index contributed by atoms with van der Waals surface area (Å²) in [6.07, 6.45) is 2.87. The summed E-state index contributed by atoms with van der Waals surface area (Å²) in [6.45, 7) is 3.80. The van der Waals surface area contributed by atoms with E-state index in [9.17, 15) is 9.59 Å². The highest BCUT2D eigenvalue weighted by atomic mass is 16.4. The molecule has 0 atom stereocenters. The number of aliphatic carboxylic acids is 1. The normalized spacial score (nSPS) is 11.6. The van der Waals surface area contributed by atoms with Crippen LogP contribution in [0.1, 0.15) is 43.5 Å². The average Bonchev–Trinajstić information content (AvgIpc) is 2.84. The Bertz CT molecular complexity index is 699. The molecular weight excluding hydrogens is 280 g/mol. The van der Waals surface area contributed by atoms with Crippen LogP contribution in [0, 0.1) is 0 Å². The number of hydrogen-bond acceptors (Lipinski definition) is 2. The number of amides is 1. The van der Waals surface area contributed by atoms with Crippen molar-refractivity contribution in [3.8, 4) is 0 Å². The molecule has 0 bridgehead atoms. The molecule has 1 amide bonds. The van der Waals surface area contributed by atoms with Crippen molar-refractivity contribution in [1.29, 1.82) is 0 Å². The molecule has 2 aromatic rings. The van der Waals surface area contributed by atoms with Gasteiger partial charge < -0.3 is 15.0 Å². The average molecular weight is 302 g/mol. The van der Waals surface area contributed by atoms with Crippen LogP contribution in [-0.4, -0.2) is 27.1 Å². The highest BCUT2D eigenvalue weighted by Crippen LogP contribution is 2.24. The quantitative estimate of drug-likeness (QED) is 0.862. The molecule has 1 aromatic carbocycles. The second-order valence-electron chi connectivity index (χ2n) is 5.68. The fourth-order valence-electron chi connectivity index (χ4n) is 2.84. The Kier molecular flexibility index (Phi) is 4.54. The minimum absolute atomic E-state index is 0.0729. The van der Waals surface area contributed by atoms with Crippen LogP contribution < -0.4 is 5.32 Å². The van der Waals surface area contributed by atoms with Crippen LogP contribution in [0.3, 0.4) is 0 Å². The maximum Gasteiger partial charge on any atom is 0.305 e. The lowest BCUT2D eigenvalue weighted by molar-refractivity contribution is -0.138. The van der Waals surface area contributed by atoms with Gasteiger partial charge in [0.15, 0.2) is 0 Å². The topological polar surface area (TPSA) is 71.3 Å². The Balaban J connectivity index is 2.35. The second kappa shape index (κ2) is 6.22. The number of nitrogens with zero attached hydrogens (tertiary/aromatic N) is 1. The number of hydrogen-bond donors (Lipinski definition) is 2. The summed E-state index contributed by atoms with van der Waals surface area (Å²) in [6, 6.07) is 7.68. The van der Waals surface area contributed by atoms with Gasteiger partial charge in [0.05, 0.1) is 17.5 Å². The largest absolute Gasteiger partial charge is 0.481 e. The monoisotopic (exact) mass is 302 g/mol. The fraction of sp³-hybridized carbons (Fsp3) is 0.412. The van der Waals surface area contributed by atoms with Gasteiger partial charge in [-0.1, -0.05) is 32.0 Å². The van der Waals surface area contributed by atoms with Gasteiger partial charge in [0.2, 0.25) is 0 Å². The molecule has 0 fully saturated rings. The van der Waals surface area contributed by atoms with Gasteiger partial charge in [-0.2, -0.15) is 0 Å². The lowest BCUT2D eigenvalue weighted by atomic mass is 9.88. The molecule has 2 N–H and O–H groups in total. The summed E-state index contributed by atoms with van der Waals surface area (Å²) in [7, 11) is 1.89. The third-order valence-corrected chi connectivity index (χ3v) is 4.36. The molecule has 1 aromatic heterocycles. The number of aromatic nitrogens is 1. The minimum atomic E-state index is -0.901. The van der Waals surface area contributed by atoms with Crippen LogP contribution in [0.2, 0.25) is 0 Å². The van der Waals surface area contributed by atoms with E-state index in [1.807, 2.05) is 49.7 Å². The van der Waals surface area contributed by atoms with Crippen LogP contribution in [0.4, 0.5) is 0 Å². The summed E-state index contributed by atoms with van der Waals surface area (Å²) in [5.74, 6) is -1.12.